The number of amides is 2. The maximum Gasteiger partial charge on any atom is 0.283 e. The standard InChI is InChI=1S/C16H16BrClN2O2/c17-10-6-8-12(9-7-10)20-15(21)13(18)14(16(20)22)19-11-4-2-1-3-5-11/h6-9,11,19H,1-5H2. The van der Waals surface area contributed by atoms with E-state index in [0.717, 1.165) is 35.1 Å². The van der Waals surface area contributed by atoms with Gasteiger partial charge in [0.05, 0.1) is 5.69 Å². The lowest BCUT2D eigenvalue weighted by Crippen LogP contribution is -2.37. The van der Waals surface area contributed by atoms with Crippen molar-refractivity contribution in [3.05, 3.63) is 39.5 Å². The zero-order chi connectivity index (χ0) is 15.7. The molecule has 0 aromatic heterocycles. The topological polar surface area (TPSA) is 49.4 Å². The summed E-state index contributed by atoms with van der Waals surface area (Å²) in [5.74, 6) is -0.838. The van der Waals surface area contributed by atoms with Gasteiger partial charge in [0.25, 0.3) is 11.8 Å². The summed E-state index contributed by atoms with van der Waals surface area (Å²) in [7, 11) is 0. The number of nitrogens with zero attached hydrogens (tertiary/aromatic N) is 1. The summed E-state index contributed by atoms with van der Waals surface area (Å²) in [6.45, 7) is 0. The molecule has 2 aliphatic rings. The van der Waals surface area contributed by atoms with Crippen LogP contribution in [-0.4, -0.2) is 17.9 Å². The van der Waals surface area contributed by atoms with E-state index in [-0.39, 0.29) is 22.7 Å². The molecule has 0 spiro atoms. The van der Waals surface area contributed by atoms with Crippen LogP contribution in [0.15, 0.2) is 39.5 Å². The second kappa shape index (κ2) is 6.42. The maximum atomic E-state index is 12.6. The molecule has 3 rings (SSSR count). The third kappa shape index (κ3) is 2.92. The Bertz CT molecular complexity index is 636. The number of anilines is 1. The molecule has 4 nitrogen and oxygen atoms in total. The van der Waals surface area contributed by atoms with Gasteiger partial charge in [0.2, 0.25) is 0 Å². The average molecular weight is 384 g/mol. The monoisotopic (exact) mass is 382 g/mol. The van der Waals surface area contributed by atoms with Crippen LogP contribution in [0, 0.1) is 0 Å². The molecular formula is C16H16BrClN2O2. The van der Waals surface area contributed by atoms with Gasteiger partial charge in [-0.25, -0.2) is 4.90 Å². The van der Waals surface area contributed by atoms with Crippen molar-refractivity contribution in [3.63, 3.8) is 0 Å². The number of imide groups is 1. The van der Waals surface area contributed by atoms with Crippen LogP contribution < -0.4 is 10.2 Å². The number of hydrogen-bond donors (Lipinski definition) is 1. The Morgan fingerprint density at radius 1 is 1.05 bits per heavy atom. The first-order chi connectivity index (χ1) is 10.6. The second-order valence-electron chi connectivity index (χ2n) is 5.59. The van der Waals surface area contributed by atoms with Crippen molar-refractivity contribution in [2.75, 3.05) is 4.90 Å². The van der Waals surface area contributed by atoms with Crippen molar-refractivity contribution in [1.82, 2.24) is 5.32 Å². The molecule has 116 valence electrons. The number of carbonyl (C=O) groups excluding carboxylic acids is 2. The Labute approximate surface area is 142 Å². The van der Waals surface area contributed by atoms with E-state index < -0.39 is 5.91 Å². The highest BCUT2D eigenvalue weighted by Gasteiger charge is 2.39. The number of benzene rings is 1. The van der Waals surface area contributed by atoms with Crippen molar-refractivity contribution in [2.24, 2.45) is 0 Å². The van der Waals surface area contributed by atoms with Crippen LogP contribution in [0.25, 0.3) is 0 Å². The zero-order valence-corrected chi connectivity index (χ0v) is 14.3. The van der Waals surface area contributed by atoms with Gasteiger partial charge in [-0.15, -0.1) is 0 Å². The second-order valence-corrected chi connectivity index (χ2v) is 6.88. The van der Waals surface area contributed by atoms with E-state index in [4.69, 9.17) is 11.6 Å². The number of rotatable bonds is 3. The van der Waals surface area contributed by atoms with Crippen LogP contribution in [0.1, 0.15) is 32.1 Å². The Morgan fingerprint density at radius 3 is 2.32 bits per heavy atom. The van der Waals surface area contributed by atoms with E-state index in [9.17, 15) is 9.59 Å². The minimum Gasteiger partial charge on any atom is -0.376 e. The van der Waals surface area contributed by atoms with E-state index in [1.54, 1.807) is 24.3 Å². The molecule has 1 aliphatic carbocycles. The van der Waals surface area contributed by atoms with E-state index in [2.05, 4.69) is 21.2 Å². The van der Waals surface area contributed by atoms with Crippen LogP contribution in [0.3, 0.4) is 0 Å². The maximum absolute atomic E-state index is 12.6. The Kier molecular flexibility index (Phi) is 4.54. The van der Waals surface area contributed by atoms with E-state index in [1.807, 2.05) is 0 Å². The Hall–Kier alpha value is -1.33. The molecule has 1 heterocycles. The summed E-state index contributed by atoms with van der Waals surface area (Å²) >= 11 is 9.45. The first kappa shape index (κ1) is 15.6. The highest BCUT2D eigenvalue weighted by molar-refractivity contribution is 9.10. The molecular weight excluding hydrogens is 368 g/mol. The van der Waals surface area contributed by atoms with E-state index in [1.165, 1.54) is 6.42 Å². The summed E-state index contributed by atoms with van der Waals surface area (Å²) in [5, 5.41) is 3.17. The summed E-state index contributed by atoms with van der Waals surface area (Å²) in [6.07, 6.45) is 5.52. The smallest absolute Gasteiger partial charge is 0.283 e. The van der Waals surface area contributed by atoms with Crippen molar-refractivity contribution in [2.45, 2.75) is 38.1 Å². The van der Waals surface area contributed by atoms with Gasteiger partial charge in [-0.2, -0.15) is 0 Å². The van der Waals surface area contributed by atoms with Crippen molar-refractivity contribution >= 4 is 45.0 Å². The largest absolute Gasteiger partial charge is 0.376 e. The van der Waals surface area contributed by atoms with Crippen LogP contribution in [0.4, 0.5) is 5.69 Å². The minimum absolute atomic E-state index is 0.0153. The van der Waals surface area contributed by atoms with Crippen molar-refractivity contribution in [1.29, 1.82) is 0 Å². The lowest BCUT2D eigenvalue weighted by molar-refractivity contribution is -0.120. The van der Waals surface area contributed by atoms with Gasteiger partial charge < -0.3 is 5.32 Å². The van der Waals surface area contributed by atoms with Gasteiger partial charge >= 0.3 is 0 Å². The molecule has 0 bridgehead atoms. The third-order valence-electron chi connectivity index (χ3n) is 4.07. The normalized spacial score (nSPS) is 20.0. The van der Waals surface area contributed by atoms with Gasteiger partial charge in [-0.05, 0) is 37.1 Å². The third-order valence-corrected chi connectivity index (χ3v) is 4.95. The molecule has 2 amide bonds. The molecule has 0 saturated heterocycles. The Balaban J connectivity index is 1.81. The van der Waals surface area contributed by atoms with E-state index in [0.29, 0.717) is 5.69 Å². The van der Waals surface area contributed by atoms with Gasteiger partial charge in [0, 0.05) is 10.5 Å². The molecule has 1 N–H and O–H groups in total. The molecule has 1 aliphatic heterocycles. The molecule has 0 unspecified atom stereocenters. The summed E-state index contributed by atoms with van der Waals surface area (Å²) in [4.78, 5) is 26.0. The molecule has 6 heteroatoms. The molecule has 1 saturated carbocycles. The van der Waals surface area contributed by atoms with E-state index >= 15 is 0 Å². The fraction of sp³-hybridized carbons (Fsp3) is 0.375. The molecule has 1 aromatic rings. The number of carbonyl (C=O) groups is 2. The van der Waals surface area contributed by atoms with Gasteiger partial charge in [0.1, 0.15) is 10.7 Å². The lowest BCUT2D eigenvalue weighted by atomic mass is 9.95. The Morgan fingerprint density at radius 2 is 1.68 bits per heavy atom. The van der Waals surface area contributed by atoms with Crippen molar-refractivity contribution < 1.29 is 9.59 Å². The predicted molar refractivity (Wildman–Crippen MR) is 89.5 cm³/mol. The molecule has 22 heavy (non-hydrogen) atoms. The SMILES string of the molecule is O=C1C(Cl)=C(NC2CCCCC2)C(=O)N1c1ccc(Br)cc1. The number of halogens is 2. The molecule has 0 radical (unpaired) electrons. The van der Waals surface area contributed by atoms with Gasteiger partial charge in [-0.1, -0.05) is 46.8 Å². The fourth-order valence-corrected chi connectivity index (χ4v) is 3.39. The minimum atomic E-state index is -0.465. The van der Waals surface area contributed by atoms with Crippen LogP contribution in [-0.2, 0) is 9.59 Å². The average Bonchev–Trinajstić information content (AvgIpc) is 2.73. The first-order valence-electron chi connectivity index (χ1n) is 7.38. The zero-order valence-electron chi connectivity index (χ0n) is 11.9. The summed E-state index contributed by atoms with van der Waals surface area (Å²) in [6, 6.07) is 7.23. The first-order valence-corrected chi connectivity index (χ1v) is 8.55. The highest BCUT2D eigenvalue weighted by atomic mass is 79.9. The van der Waals surface area contributed by atoms with Gasteiger partial charge in [-0.3, -0.25) is 9.59 Å². The fourth-order valence-electron chi connectivity index (χ4n) is 2.90. The summed E-state index contributed by atoms with van der Waals surface area (Å²) < 4.78 is 0.884. The van der Waals surface area contributed by atoms with Gasteiger partial charge in [0.15, 0.2) is 0 Å². The quantitative estimate of drug-likeness (QED) is 0.810. The number of nitrogens with one attached hydrogen (secondary N) is 1. The van der Waals surface area contributed by atoms with Crippen LogP contribution in [0.2, 0.25) is 0 Å². The highest BCUT2D eigenvalue weighted by Crippen LogP contribution is 2.30. The predicted octanol–water partition coefficient (Wildman–Crippen LogP) is 3.70. The van der Waals surface area contributed by atoms with Crippen LogP contribution in [0.5, 0.6) is 0 Å². The lowest BCUT2D eigenvalue weighted by Gasteiger charge is -2.24. The van der Waals surface area contributed by atoms with Crippen molar-refractivity contribution in [3.8, 4) is 0 Å². The molecule has 1 aromatic carbocycles. The molecule has 1 fully saturated rings. The summed E-state index contributed by atoms with van der Waals surface area (Å²) in [5.41, 5.74) is 0.762. The van der Waals surface area contributed by atoms with Crippen LogP contribution >= 0.6 is 27.5 Å². The molecule has 0 atom stereocenters. The number of hydrogen-bond acceptors (Lipinski definition) is 3.